The summed E-state index contributed by atoms with van der Waals surface area (Å²) >= 11 is 5.88. The second-order valence-corrected chi connectivity index (χ2v) is 6.32. The standard InChI is InChI=1S/C9H8BClF3N3O5S/c1-17-7-5(22-10(18)19)3-2-4(11)6(7)8(15-17)16-23(20,21)9(12,13)14/h2-3,18-19H,1H3,(H,15,16). The Bertz CT molecular complexity index is 854. The minimum atomic E-state index is -5.71. The van der Waals surface area contributed by atoms with E-state index in [0.717, 1.165) is 4.68 Å². The molecule has 0 spiro atoms. The normalized spacial score (nSPS) is 12.5. The monoisotopic (exact) mass is 373 g/mol. The van der Waals surface area contributed by atoms with Gasteiger partial charge >= 0.3 is 22.9 Å². The number of hydrogen-bond donors (Lipinski definition) is 3. The number of alkyl halides is 3. The molecular weight excluding hydrogens is 365 g/mol. The van der Waals surface area contributed by atoms with Crippen LogP contribution >= 0.6 is 11.6 Å². The summed E-state index contributed by atoms with van der Waals surface area (Å²) < 4.78 is 66.8. The summed E-state index contributed by atoms with van der Waals surface area (Å²) in [5, 5.41) is 21.0. The van der Waals surface area contributed by atoms with Gasteiger partial charge in [0.1, 0.15) is 11.3 Å². The van der Waals surface area contributed by atoms with Crippen molar-refractivity contribution in [3.05, 3.63) is 17.2 Å². The second-order valence-electron chi connectivity index (χ2n) is 4.24. The molecule has 1 heterocycles. The lowest BCUT2D eigenvalue weighted by Crippen LogP contribution is -2.30. The molecule has 0 saturated carbocycles. The highest BCUT2D eigenvalue weighted by Crippen LogP contribution is 2.37. The number of rotatable bonds is 4. The highest BCUT2D eigenvalue weighted by atomic mass is 35.5. The average molecular weight is 374 g/mol. The van der Waals surface area contributed by atoms with E-state index >= 15 is 0 Å². The number of aryl methyl sites for hydroxylation is 1. The van der Waals surface area contributed by atoms with Crippen molar-refractivity contribution in [3.63, 3.8) is 0 Å². The smallest absolute Gasteiger partial charge is 0.510 e. The fraction of sp³-hybridized carbons (Fsp3) is 0.222. The molecule has 1 aromatic heterocycles. The maximum Gasteiger partial charge on any atom is 0.707 e. The number of fused-ring (bicyclic) bond motifs is 1. The Morgan fingerprint density at radius 1 is 1.39 bits per heavy atom. The van der Waals surface area contributed by atoms with Crippen molar-refractivity contribution < 1.29 is 36.3 Å². The molecular formula is C9H8BClF3N3O5S. The first-order valence-electron chi connectivity index (χ1n) is 5.71. The SMILES string of the molecule is Cn1nc(NS(=O)(=O)C(F)(F)F)c2c(Cl)ccc(OB(O)O)c21. The highest BCUT2D eigenvalue weighted by molar-refractivity contribution is 7.93. The molecule has 0 aliphatic heterocycles. The van der Waals surface area contributed by atoms with Gasteiger partial charge in [-0.2, -0.15) is 26.7 Å². The largest absolute Gasteiger partial charge is 0.707 e. The van der Waals surface area contributed by atoms with E-state index in [1.54, 1.807) is 0 Å². The van der Waals surface area contributed by atoms with Crippen LogP contribution in [-0.2, 0) is 17.1 Å². The van der Waals surface area contributed by atoms with E-state index in [2.05, 4.69) is 9.75 Å². The molecule has 0 radical (unpaired) electrons. The number of anilines is 1. The lowest BCUT2D eigenvalue weighted by Gasteiger charge is -2.10. The number of halogens is 4. The van der Waals surface area contributed by atoms with E-state index in [0.29, 0.717) is 0 Å². The lowest BCUT2D eigenvalue weighted by molar-refractivity contribution is -0.0429. The molecule has 8 nitrogen and oxygen atoms in total. The molecule has 2 aromatic rings. The summed E-state index contributed by atoms with van der Waals surface area (Å²) in [4.78, 5) is 0. The van der Waals surface area contributed by atoms with Crippen LogP contribution in [0.2, 0.25) is 5.02 Å². The van der Waals surface area contributed by atoms with Gasteiger partial charge in [-0.3, -0.25) is 9.40 Å². The van der Waals surface area contributed by atoms with Gasteiger partial charge in [0.05, 0.1) is 10.4 Å². The number of nitrogens with one attached hydrogen (secondary N) is 1. The first kappa shape index (κ1) is 17.7. The van der Waals surface area contributed by atoms with Gasteiger partial charge in [0.15, 0.2) is 5.82 Å². The Morgan fingerprint density at radius 3 is 2.52 bits per heavy atom. The number of nitrogens with zero attached hydrogens (tertiary/aromatic N) is 2. The molecule has 0 bridgehead atoms. The van der Waals surface area contributed by atoms with Gasteiger partial charge in [-0.1, -0.05) is 11.6 Å². The molecule has 0 atom stereocenters. The first-order chi connectivity index (χ1) is 10.4. The van der Waals surface area contributed by atoms with Crippen LogP contribution in [0.4, 0.5) is 19.0 Å². The van der Waals surface area contributed by atoms with Crippen LogP contribution in [0.5, 0.6) is 5.75 Å². The second kappa shape index (κ2) is 5.74. The Kier molecular flexibility index (Phi) is 4.41. The highest BCUT2D eigenvalue weighted by Gasteiger charge is 2.46. The Morgan fingerprint density at radius 2 is 2.00 bits per heavy atom. The third kappa shape index (κ3) is 3.31. The van der Waals surface area contributed by atoms with Crippen molar-refractivity contribution in [1.29, 1.82) is 0 Å². The molecule has 0 fully saturated rings. The third-order valence-electron chi connectivity index (χ3n) is 2.67. The molecule has 0 amide bonds. The van der Waals surface area contributed by atoms with E-state index < -0.39 is 28.7 Å². The molecule has 3 N–H and O–H groups in total. The Labute approximate surface area is 132 Å². The Hall–Kier alpha value is -1.70. The van der Waals surface area contributed by atoms with Gasteiger partial charge in [-0.25, -0.2) is 0 Å². The van der Waals surface area contributed by atoms with Crippen LogP contribution in [0.3, 0.4) is 0 Å². The van der Waals surface area contributed by atoms with Gasteiger partial charge in [-0.15, -0.1) is 0 Å². The van der Waals surface area contributed by atoms with Crippen molar-refractivity contribution in [2.75, 3.05) is 4.72 Å². The molecule has 1 aromatic carbocycles. The third-order valence-corrected chi connectivity index (χ3v) is 4.06. The molecule has 0 saturated heterocycles. The number of aromatic nitrogens is 2. The zero-order valence-electron chi connectivity index (χ0n) is 11.2. The first-order valence-corrected chi connectivity index (χ1v) is 7.57. The fourth-order valence-corrected chi connectivity index (χ4v) is 2.56. The summed E-state index contributed by atoms with van der Waals surface area (Å²) in [5.41, 5.74) is -5.58. The minimum absolute atomic E-state index is 0.0366. The average Bonchev–Trinajstić information content (AvgIpc) is 2.68. The molecule has 23 heavy (non-hydrogen) atoms. The van der Waals surface area contributed by atoms with Gasteiger partial charge in [0.2, 0.25) is 0 Å². The minimum Gasteiger partial charge on any atom is -0.510 e. The maximum absolute atomic E-state index is 12.5. The Balaban J connectivity index is 2.64. The lowest BCUT2D eigenvalue weighted by atomic mass is 10.2. The van der Waals surface area contributed by atoms with E-state index in [1.165, 1.54) is 23.9 Å². The van der Waals surface area contributed by atoms with Gasteiger partial charge in [0, 0.05) is 7.05 Å². The zero-order valence-corrected chi connectivity index (χ0v) is 12.7. The number of hydrogen-bond acceptors (Lipinski definition) is 6. The van der Waals surface area contributed by atoms with Crippen LogP contribution in [0.1, 0.15) is 0 Å². The molecule has 0 unspecified atom stereocenters. The van der Waals surface area contributed by atoms with Crippen LogP contribution in [-0.4, -0.2) is 41.1 Å². The summed E-state index contributed by atoms with van der Waals surface area (Å²) in [7, 11) is -6.63. The fourth-order valence-electron chi connectivity index (χ4n) is 1.81. The number of sulfonamides is 1. The maximum atomic E-state index is 12.5. The molecule has 0 aliphatic carbocycles. The van der Waals surface area contributed by atoms with Crippen LogP contribution < -0.4 is 9.38 Å². The van der Waals surface area contributed by atoms with Crippen molar-refractivity contribution in [2.24, 2.45) is 7.05 Å². The summed E-state index contributed by atoms with van der Waals surface area (Å²) in [6.45, 7) is 0. The van der Waals surface area contributed by atoms with E-state index in [4.69, 9.17) is 21.6 Å². The van der Waals surface area contributed by atoms with Crippen molar-refractivity contribution >= 4 is 45.7 Å². The molecule has 14 heteroatoms. The van der Waals surface area contributed by atoms with Crippen LogP contribution in [0.25, 0.3) is 10.9 Å². The van der Waals surface area contributed by atoms with Crippen molar-refractivity contribution in [1.82, 2.24) is 9.78 Å². The van der Waals surface area contributed by atoms with E-state index in [-0.39, 0.29) is 21.7 Å². The number of benzene rings is 1. The molecule has 2 rings (SSSR count). The molecule has 126 valence electrons. The van der Waals surface area contributed by atoms with Crippen LogP contribution in [0, 0.1) is 0 Å². The summed E-state index contributed by atoms with van der Waals surface area (Å²) in [6.07, 6.45) is 0. The van der Waals surface area contributed by atoms with Crippen molar-refractivity contribution in [3.8, 4) is 5.75 Å². The van der Waals surface area contributed by atoms with E-state index in [9.17, 15) is 21.6 Å². The summed E-state index contributed by atoms with van der Waals surface area (Å²) in [5.74, 6) is -0.852. The quantitative estimate of drug-likeness (QED) is 0.684. The van der Waals surface area contributed by atoms with E-state index in [1.807, 2.05) is 0 Å². The van der Waals surface area contributed by atoms with Crippen LogP contribution in [0.15, 0.2) is 12.1 Å². The van der Waals surface area contributed by atoms with Gasteiger partial charge in [0.25, 0.3) is 0 Å². The summed E-state index contributed by atoms with van der Waals surface area (Å²) in [6, 6.07) is 2.39. The predicted octanol–water partition coefficient (Wildman–Crippen LogP) is 0.837. The van der Waals surface area contributed by atoms with Gasteiger partial charge < -0.3 is 14.7 Å². The van der Waals surface area contributed by atoms with Gasteiger partial charge in [-0.05, 0) is 12.1 Å². The zero-order chi connectivity index (χ0) is 17.6. The topological polar surface area (TPSA) is 114 Å². The molecule has 0 aliphatic rings. The predicted molar refractivity (Wildman–Crippen MR) is 75.1 cm³/mol. The van der Waals surface area contributed by atoms with Crippen molar-refractivity contribution in [2.45, 2.75) is 5.51 Å².